The number of thiazole rings is 1. The van der Waals surface area contributed by atoms with Gasteiger partial charge in [-0.15, -0.1) is 11.3 Å². The Labute approximate surface area is 147 Å². The molecule has 118 valence electrons. The van der Waals surface area contributed by atoms with E-state index >= 15 is 0 Å². The number of rotatable bonds is 5. The van der Waals surface area contributed by atoms with Gasteiger partial charge in [-0.25, -0.2) is 4.98 Å². The van der Waals surface area contributed by atoms with Crippen LogP contribution in [0.15, 0.2) is 47.2 Å². The molecule has 3 aromatic rings. The third-order valence-corrected chi connectivity index (χ3v) is 4.75. The van der Waals surface area contributed by atoms with E-state index in [1.54, 1.807) is 36.7 Å². The van der Waals surface area contributed by atoms with E-state index in [1.807, 2.05) is 6.07 Å². The lowest BCUT2D eigenvalue weighted by atomic mass is 10.2. The molecule has 0 fully saturated rings. The summed E-state index contributed by atoms with van der Waals surface area (Å²) < 4.78 is 5.17. The predicted octanol–water partition coefficient (Wildman–Crippen LogP) is 4.57. The van der Waals surface area contributed by atoms with Gasteiger partial charge >= 0.3 is 0 Å². The molecule has 0 saturated heterocycles. The van der Waals surface area contributed by atoms with Crippen LogP contribution in [0.25, 0.3) is 10.6 Å². The maximum absolute atomic E-state index is 12.0. The SMILES string of the molecule is O=C(Cc1cnc(-c2c(Cl)cccc2Cl)s1)NCc1ccco1. The predicted molar refractivity (Wildman–Crippen MR) is 91.8 cm³/mol. The van der Waals surface area contributed by atoms with Crippen molar-refractivity contribution in [1.29, 1.82) is 0 Å². The zero-order valence-electron chi connectivity index (χ0n) is 11.9. The van der Waals surface area contributed by atoms with E-state index in [9.17, 15) is 4.79 Å². The first-order valence-corrected chi connectivity index (χ1v) is 8.39. The number of nitrogens with zero attached hydrogens (tertiary/aromatic N) is 1. The van der Waals surface area contributed by atoms with Gasteiger partial charge in [-0.2, -0.15) is 0 Å². The van der Waals surface area contributed by atoms with Crippen molar-refractivity contribution in [2.45, 2.75) is 13.0 Å². The molecule has 23 heavy (non-hydrogen) atoms. The van der Waals surface area contributed by atoms with Gasteiger partial charge in [0.1, 0.15) is 10.8 Å². The second-order valence-corrected chi connectivity index (χ2v) is 6.69. The van der Waals surface area contributed by atoms with E-state index in [0.29, 0.717) is 32.9 Å². The van der Waals surface area contributed by atoms with Gasteiger partial charge in [0.25, 0.3) is 0 Å². The Bertz CT molecular complexity index is 795. The average molecular weight is 367 g/mol. The summed E-state index contributed by atoms with van der Waals surface area (Å²) in [5.74, 6) is 0.619. The van der Waals surface area contributed by atoms with Crippen molar-refractivity contribution in [1.82, 2.24) is 10.3 Å². The van der Waals surface area contributed by atoms with Crippen LogP contribution in [0.5, 0.6) is 0 Å². The summed E-state index contributed by atoms with van der Waals surface area (Å²) in [6, 6.07) is 8.90. The fraction of sp³-hybridized carbons (Fsp3) is 0.125. The van der Waals surface area contributed by atoms with Crippen LogP contribution in [-0.4, -0.2) is 10.9 Å². The number of carbonyl (C=O) groups excluding carboxylic acids is 1. The van der Waals surface area contributed by atoms with Crippen molar-refractivity contribution in [3.63, 3.8) is 0 Å². The molecule has 0 bridgehead atoms. The summed E-state index contributed by atoms with van der Waals surface area (Å²) in [7, 11) is 0. The Morgan fingerprint density at radius 3 is 2.70 bits per heavy atom. The van der Waals surface area contributed by atoms with E-state index < -0.39 is 0 Å². The molecule has 0 aliphatic heterocycles. The molecule has 2 aromatic heterocycles. The Kier molecular flexibility index (Phi) is 5.00. The van der Waals surface area contributed by atoms with Gasteiger partial charge in [-0.05, 0) is 24.3 Å². The van der Waals surface area contributed by atoms with E-state index in [4.69, 9.17) is 27.6 Å². The number of nitrogens with one attached hydrogen (secondary N) is 1. The molecule has 1 N–H and O–H groups in total. The fourth-order valence-electron chi connectivity index (χ4n) is 2.03. The van der Waals surface area contributed by atoms with Crippen molar-refractivity contribution in [3.8, 4) is 10.6 Å². The number of amides is 1. The number of halogens is 2. The van der Waals surface area contributed by atoms with Crippen LogP contribution in [0.1, 0.15) is 10.6 Å². The summed E-state index contributed by atoms with van der Waals surface area (Å²) in [6.45, 7) is 0.369. The van der Waals surface area contributed by atoms with Gasteiger partial charge in [-0.1, -0.05) is 29.3 Å². The lowest BCUT2D eigenvalue weighted by Gasteiger charge is -2.02. The molecular weight excluding hydrogens is 355 g/mol. The van der Waals surface area contributed by atoms with Gasteiger partial charge in [0.2, 0.25) is 5.91 Å². The zero-order valence-corrected chi connectivity index (χ0v) is 14.2. The van der Waals surface area contributed by atoms with E-state index in [2.05, 4.69) is 10.3 Å². The van der Waals surface area contributed by atoms with Crippen molar-refractivity contribution < 1.29 is 9.21 Å². The van der Waals surface area contributed by atoms with Crippen molar-refractivity contribution in [2.75, 3.05) is 0 Å². The number of benzene rings is 1. The quantitative estimate of drug-likeness (QED) is 0.719. The van der Waals surface area contributed by atoms with Gasteiger partial charge in [-0.3, -0.25) is 4.79 Å². The molecule has 3 rings (SSSR count). The molecule has 0 unspecified atom stereocenters. The number of hydrogen-bond acceptors (Lipinski definition) is 4. The molecular formula is C16H12Cl2N2O2S. The van der Waals surface area contributed by atoms with Gasteiger partial charge in [0.15, 0.2) is 0 Å². The van der Waals surface area contributed by atoms with E-state index in [1.165, 1.54) is 11.3 Å². The molecule has 0 atom stereocenters. The molecule has 0 aliphatic rings. The van der Waals surface area contributed by atoms with Gasteiger partial charge < -0.3 is 9.73 Å². The number of furan rings is 1. The number of hydrogen-bond donors (Lipinski definition) is 1. The van der Waals surface area contributed by atoms with Crippen LogP contribution in [0.3, 0.4) is 0 Å². The molecule has 0 radical (unpaired) electrons. The first kappa shape index (κ1) is 16.1. The first-order chi connectivity index (χ1) is 11.1. The maximum atomic E-state index is 12.0. The normalized spacial score (nSPS) is 10.7. The van der Waals surface area contributed by atoms with Crippen LogP contribution >= 0.6 is 34.5 Å². The minimum atomic E-state index is -0.0955. The van der Waals surface area contributed by atoms with Crippen molar-refractivity contribution >= 4 is 40.4 Å². The van der Waals surface area contributed by atoms with Crippen LogP contribution in [0.2, 0.25) is 10.0 Å². The van der Waals surface area contributed by atoms with Crippen LogP contribution in [-0.2, 0) is 17.8 Å². The fourth-order valence-corrected chi connectivity index (χ4v) is 3.70. The van der Waals surface area contributed by atoms with E-state index in [-0.39, 0.29) is 12.3 Å². The summed E-state index contributed by atoms with van der Waals surface area (Å²) >= 11 is 13.8. The van der Waals surface area contributed by atoms with Crippen molar-refractivity contribution in [3.05, 3.63) is 63.5 Å². The molecule has 0 saturated carbocycles. The number of carbonyl (C=O) groups is 1. The minimum absolute atomic E-state index is 0.0955. The standard InChI is InChI=1S/C16H12Cl2N2O2S/c17-12-4-1-5-13(18)15(12)16-20-9-11(23-16)7-14(21)19-8-10-3-2-6-22-10/h1-6,9H,7-8H2,(H,19,21). The molecule has 2 heterocycles. The lowest BCUT2D eigenvalue weighted by molar-refractivity contribution is -0.120. The highest BCUT2D eigenvalue weighted by molar-refractivity contribution is 7.15. The van der Waals surface area contributed by atoms with E-state index in [0.717, 1.165) is 4.88 Å². The lowest BCUT2D eigenvalue weighted by Crippen LogP contribution is -2.23. The smallest absolute Gasteiger partial charge is 0.225 e. The summed E-state index contributed by atoms with van der Waals surface area (Å²) in [6.07, 6.45) is 3.50. The minimum Gasteiger partial charge on any atom is -0.467 e. The highest BCUT2D eigenvalue weighted by Gasteiger charge is 2.14. The summed E-state index contributed by atoms with van der Waals surface area (Å²) in [4.78, 5) is 17.1. The molecule has 1 amide bonds. The van der Waals surface area contributed by atoms with Crippen molar-refractivity contribution in [2.24, 2.45) is 0 Å². The maximum Gasteiger partial charge on any atom is 0.225 e. The molecule has 1 aromatic carbocycles. The first-order valence-electron chi connectivity index (χ1n) is 6.81. The zero-order chi connectivity index (χ0) is 16.2. The Balaban J connectivity index is 1.66. The second-order valence-electron chi connectivity index (χ2n) is 4.76. The largest absolute Gasteiger partial charge is 0.467 e. The topological polar surface area (TPSA) is 55.1 Å². The average Bonchev–Trinajstić information content (AvgIpc) is 3.17. The number of aromatic nitrogens is 1. The van der Waals surface area contributed by atoms with Gasteiger partial charge in [0.05, 0.1) is 29.3 Å². The summed E-state index contributed by atoms with van der Waals surface area (Å²) in [5.41, 5.74) is 0.697. The molecule has 4 nitrogen and oxygen atoms in total. The highest BCUT2D eigenvalue weighted by atomic mass is 35.5. The Morgan fingerprint density at radius 2 is 2.00 bits per heavy atom. The van der Waals surface area contributed by atoms with Crippen LogP contribution < -0.4 is 5.32 Å². The third-order valence-electron chi connectivity index (χ3n) is 3.10. The molecule has 0 aliphatic carbocycles. The van der Waals surface area contributed by atoms with Crippen LogP contribution in [0, 0.1) is 0 Å². The molecule has 7 heteroatoms. The summed E-state index contributed by atoms with van der Waals surface area (Å²) in [5, 5.41) is 4.59. The molecule has 0 spiro atoms. The third kappa shape index (κ3) is 3.93. The van der Waals surface area contributed by atoms with Gasteiger partial charge in [0, 0.05) is 16.6 Å². The highest BCUT2D eigenvalue weighted by Crippen LogP contribution is 2.36. The Morgan fingerprint density at radius 1 is 1.22 bits per heavy atom. The van der Waals surface area contributed by atoms with Crippen LogP contribution in [0.4, 0.5) is 0 Å². The monoisotopic (exact) mass is 366 g/mol. The second kappa shape index (κ2) is 7.17. The Hall–Kier alpha value is -1.82.